The molecule has 0 aromatic rings. The molecule has 0 saturated heterocycles. The molecule has 1 unspecified atom stereocenters. The summed E-state index contributed by atoms with van der Waals surface area (Å²) in [6, 6.07) is -1.26. The predicted octanol–water partition coefficient (Wildman–Crippen LogP) is 0.319. The highest BCUT2D eigenvalue weighted by Crippen LogP contribution is 2.05. The molecule has 0 fully saturated rings. The molecule has 0 bridgehead atoms. The molecule has 0 radical (unpaired) electrons. The summed E-state index contributed by atoms with van der Waals surface area (Å²) in [4.78, 5) is 21.3. The minimum atomic E-state index is -2.66. The lowest BCUT2D eigenvalue weighted by Gasteiger charge is -2.14. The Morgan fingerprint density at radius 2 is 2.00 bits per heavy atom. The van der Waals surface area contributed by atoms with Crippen LogP contribution >= 0.6 is 0 Å². The van der Waals surface area contributed by atoms with E-state index in [9.17, 15) is 18.4 Å². The molecule has 0 spiro atoms. The number of rotatable bonds is 4. The van der Waals surface area contributed by atoms with Crippen molar-refractivity contribution in [2.75, 3.05) is 7.11 Å². The van der Waals surface area contributed by atoms with Gasteiger partial charge < -0.3 is 10.1 Å². The van der Waals surface area contributed by atoms with Crippen molar-refractivity contribution >= 4 is 11.9 Å². The summed E-state index contributed by atoms with van der Waals surface area (Å²) in [5.41, 5.74) is 0. The number of carbonyl (C=O) groups is 2. The molecule has 6 heteroatoms. The number of alkyl halides is 2. The van der Waals surface area contributed by atoms with E-state index in [1.54, 1.807) is 0 Å². The van der Waals surface area contributed by atoms with Crippen LogP contribution in [0.3, 0.4) is 0 Å². The van der Waals surface area contributed by atoms with Crippen LogP contribution in [0.4, 0.5) is 8.78 Å². The molecule has 76 valence electrons. The van der Waals surface area contributed by atoms with Crippen molar-refractivity contribution in [3.05, 3.63) is 0 Å². The Bertz CT molecular complexity index is 196. The summed E-state index contributed by atoms with van der Waals surface area (Å²) >= 11 is 0. The van der Waals surface area contributed by atoms with E-state index < -0.39 is 30.8 Å². The number of hydrogen-bond acceptors (Lipinski definition) is 3. The normalized spacial score (nSPS) is 12.4. The van der Waals surface area contributed by atoms with Gasteiger partial charge in [0, 0.05) is 13.3 Å². The highest BCUT2D eigenvalue weighted by atomic mass is 19.3. The molecule has 0 saturated carbocycles. The maximum Gasteiger partial charge on any atom is 0.328 e. The standard InChI is InChI=1S/C7H11F2NO3/c1-4(11)10-5(3-6(8)9)7(12)13-2/h5-6H,3H2,1-2H3,(H,10,11). The third-order valence-corrected chi connectivity index (χ3v) is 1.28. The van der Waals surface area contributed by atoms with Gasteiger partial charge in [-0.1, -0.05) is 0 Å². The Morgan fingerprint density at radius 3 is 2.31 bits per heavy atom. The van der Waals surface area contributed by atoms with Crippen LogP contribution in [-0.4, -0.2) is 31.5 Å². The van der Waals surface area contributed by atoms with E-state index in [0.717, 1.165) is 14.0 Å². The summed E-state index contributed by atoms with van der Waals surface area (Å²) in [6.07, 6.45) is -3.39. The monoisotopic (exact) mass is 195 g/mol. The molecule has 1 N–H and O–H groups in total. The van der Waals surface area contributed by atoms with Crippen molar-refractivity contribution in [2.45, 2.75) is 25.8 Å². The summed E-state index contributed by atoms with van der Waals surface area (Å²) in [5, 5.41) is 2.07. The Kier molecular flexibility index (Phi) is 4.94. The highest BCUT2D eigenvalue weighted by Gasteiger charge is 2.23. The van der Waals surface area contributed by atoms with Gasteiger partial charge in [0.2, 0.25) is 12.3 Å². The molecule has 1 atom stereocenters. The minimum absolute atomic E-state index is 0.545. The molecule has 4 nitrogen and oxygen atoms in total. The maximum atomic E-state index is 11.9. The van der Waals surface area contributed by atoms with E-state index in [0.29, 0.717) is 0 Å². The van der Waals surface area contributed by atoms with E-state index in [1.807, 2.05) is 0 Å². The number of ether oxygens (including phenoxy) is 1. The van der Waals surface area contributed by atoms with Crippen LogP contribution in [0, 0.1) is 0 Å². The van der Waals surface area contributed by atoms with Crippen molar-refractivity contribution in [3.8, 4) is 0 Å². The van der Waals surface area contributed by atoms with Gasteiger partial charge in [-0.25, -0.2) is 13.6 Å². The van der Waals surface area contributed by atoms with E-state index in [2.05, 4.69) is 10.1 Å². The number of nitrogens with one attached hydrogen (secondary N) is 1. The van der Waals surface area contributed by atoms with Gasteiger partial charge in [0.15, 0.2) is 0 Å². The molecule has 0 aromatic carbocycles. The summed E-state index contributed by atoms with van der Waals surface area (Å²) in [7, 11) is 1.07. The second-order valence-electron chi connectivity index (χ2n) is 2.40. The van der Waals surface area contributed by atoms with Crippen LogP contribution < -0.4 is 5.32 Å². The fourth-order valence-corrected chi connectivity index (χ4v) is 0.780. The van der Waals surface area contributed by atoms with E-state index >= 15 is 0 Å². The van der Waals surface area contributed by atoms with Gasteiger partial charge in [-0.05, 0) is 0 Å². The zero-order valence-corrected chi connectivity index (χ0v) is 7.34. The number of esters is 1. The van der Waals surface area contributed by atoms with Crippen LogP contribution in [0.5, 0.6) is 0 Å². The van der Waals surface area contributed by atoms with Crippen LogP contribution in [0.2, 0.25) is 0 Å². The molecule has 0 aliphatic heterocycles. The SMILES string of the molecule is COC(=O)C(CC(F)F)NC(C)=O. The van der Waals surface area contributed by atoms with Crippen molar-refractivity contribution in [1.82, 2.24) is 5.32 Å². The van der Waals surface area contributed by atoms with Gasteiger partial charge in [0.25, 0.3) is 0 Å². The van der Waals surface area contributed by atoms with Crippen molar-refractivity contribution in [2.24, 2.45) is 0 Å². The largest absolute Gasteiger partial charge is 0.467 e. The number of carbonyl (C=O) groups excluding carboxylic acids is 2. The fourth-order valence-electron chi connectivity index (χ4n) is 0.780. The molecular formula is C7H11F2NO3. The zero-order chi connectivity index (χ0) is 10.4. The number of methoxy groups -OCH3 is 1. The molecule has 0 aliphatic carbocycles. The van der Waals surface area contributed by atoms with E-state index in [1.165, 1.54) is 0 Å². The minimum Gasteiger partial charge on any atom is -0.467 e. The first-order valence-electron chi connectivity index (χ1n) is 3.60. The fraction of sp³-hybridized carbons (Fsp3) is 0.714. The molecule has 0 heterocycles. The van der Waals surface area contributed by atoms with Gasteiger partial charge >= 0.3 is 5.97 Å². The Labute approximate surface area is 74.2 Å². The van der Waals surface area contributed by atoms with Gasteiger partial charge in [-0.15, -0.1) is 0 Å². The average Bonchev–Trinajstić information content (AvgIpc) is 2.00. The first-order valence-corrected chi connectivity index (χ1v) is 3.60. The van der Waals surface area contributed by atoms with Gasteiger partial charge in [0.05, 0.1) is 7.11 Å². The van der Waals surface area contributed by atoms with Crippen LogP contribution in [-0.2, 0) is 14.3 Å². The predicted molar refractivity (Wildman–Crippen MR) is 40.2 cm³/mol. The molecular weight excluding hydrogens is 184 g/mol. The summed E-state index contributed by atoms with van der Waals surface area (Å²) in [6.45, 7) is 1.14. The van der Waals surface area contributed by atoms with E-state index in [4.69, 9.17) is 0 Å². The Morgan fingerprint density at radius 1 is 1.46 bits per heavy atom. The first kappa shape index (κ1) is 11.8. The molecule has 1 amide bonds. The van der Waals surface area contributed by atoms with Crippen molar-refractivity contribution in [1.29, 1.82) is 0 Å². The lowest BCUT2D eigenvalue weighted by atomic mass is 10.2. The zero-order valence-electron chi connectivity index (χ0n) is 7.34. The van der Waals surface area contributed by atoms with Crippen LogP contribution in [0.1, 0.15) is 13.3 Å². The number of halogens is 2. The lowest BCUT2D eigenvalue weighted by molar-refractivity contribution is -0.146. The summed E-state index contributed by atoms with van der Waals surface area (Å²) in [5.74, 6) is -1.41. The Balaban J connectivity index is 4.18. The number of amides is 1. The van der Waals surface area contributed by atoms with Crippen LogP contribution in [0.15, 0.2) is 0 Å². The first-order chi connectivity index (χ1) is 5.97. The van der Waals surface area contributed by atoms with E-state index in [-0.39, 0.29) is 0 Å². The van der Waals surface area contributed by atoms with Gasteiger partial charge in [0.1, 0.15) is 6.04 Å². The molecule has 0 aliphatic rings. The summed E-state index contributed by atoms with van der Waals surface area (Å²) < 4.78 is 28.0. The second kappa shape index (κ2) is 5.45. The topological polar surface area (TPSA) is 55.4 Å². The average molecular weight is 195 g/mol. The van der Waals surface area contributed by atoms with Crippen molar-refractivity contribution in [3.63, 3.8) is 0 Å². The quantitative estimate of drug-likeness (QED) is 0.657. The Hall–Kier alpha value is -1.20. The molecule has 0 rings (SSSR count). The van der Waals surface area contributed by atoms with Gasteiger partial charge in [-0.3, -0.25) is 4.79 Å². The molecule has 13 heavy (non-hydrogen) atoms. The highest BCUT2D eigenvalue weighted by molar-refractivity contribution is 5.83. The van der Waals surface area contributed by atoms with Gasteiger partial charge in [-0.2, -0.15) is 0 Å². The third kappa shape index (κ3) is 5.10. The van der Waals surface area contributed by atoms with Crippen LogP contribution in [0.25, 0.3) is 0 Å². The third-order valence-electron chi connectivity index (χ3n) is 1.28. The van der Waals surface area contributed by atoms with Crippen molar-refractivity contribution < 1.29 is 23.1 Å². The second-order valence-corrected chi connectivity index (χ2v) is 2.40. The smallest absolute Gasteiger partial charge is 0.328 e. The molecule has 0 aromatic heterocycles. The lowest BCUT2D eigenvalue weighted by Crippen LogP contribution is -2.41. The maximum absolute atomic E-state index is 11.9. The number of hydrogen-bond donors (Lipinski definition) is 1.